The van der Waals surface area contributed by atoms with Gasteiger partial charge in [0.2, 0.25) is 0 Å². The molecule has 0 bridgehead atoms. The Labute approximate surface area is 185 Å². The van der Waals surface area contributed by atoms with Gasteiger partial charge >= 0.3 is 0 Å². The minimum atomic E-state index is -0.360. The summed E-state index contributed by atoms with van der Waals surface area (Å²) in [5.74, 6) is 0.576. The number of nitrogens with zero attached hydrogens (tertiary/aromatic N) is 1. The average Bonchev–Trinajstić information content (AvgIpc) is 3.04. The second-order valence-corrected chi connectivity index (χ2v) is 7.81. The van der Waals surface area contributed by atoms with E-state index in [0.717, 1.165) is 4.90 Å². The third-order valence-corrected chi connectivity index (χ3v) is 5.86. The number of hydrogen-bond acceptors (Lipinski definition) is 5. The van der Waals surface area contributed by atoms with Crippen molar-refractivity contribution >= 4 is 34.8 Å². The molecule has 1 aliphatic rings. The van der Waals surface area contributed by atoms with Crippen molar-refractivity contribution < 1.29 is 19.1 Å². The molecule has 4 rings (SSSR count). The number of rotatable bonds is 7. The van der Waals surface area contributed by atoms with E-state index in [9.17, 15) is 9.59 Å². The van der Waals surface area contributed by atoms with Crippen molar-refractivity contribution in [1.82, 2.24) is 0 Å². The number of ether oxygens (including phenoxy) is 2. The fourth-order valence-electron chi connectivity index (χ4n) is 3.33. The summed E-state index contributed by atoms with van der Waals surface area (Å²) in [6.07, 6.45) is 0. The normalized spacial score (nSPS) is 13.7. The second-order valence-electron chi connectivity index (χ2n) is 6.72. The van der Waals surface area contributed by atoms with Crippen LogP contribution in [-0.2, 0) is 9.59 Å². The van der Waals surface area contributed by atoms with Gasteiger partial charge in [-0.25, -0.2) is 4.90 Å². The van der Waals surface area contributed by atoms with Crippen LogP contribution in [0.1, 0.15) is 12.5 Å². The van der Waals surface area contributed by atoms with Gasteiger partial charge in [-0.15, -0.1) is 0 Å². The Hall–Kier alpha value is -3.51. The topological polar surface area (TPSA) is 55.8 Å². The fraction of sp³-hybridized carbons (Fsp3) is 0.120. The third-order valence-electron chi connectivity index (χ3n) is 4.77. The summed E-state index contributed by atoms with van der Waals surface area (Å²) >= 11 is 1.29. The molecule has 5 nitrogen and oxygen atoms in total. The fourth-order valence-corrected chi connectivity index (χ4v) is 4.35. The Morgan fingerprint density at radius 1 is 0.839 bits per heavy atom. The number of imide groups is 1. The molecule has 2 amide bonds. The van der Waals surface area contributed by atoms with Gasteiger partial charge in [-0.1, -0.05) is 48.2 Å². The molecule has 3 aromatic rings. The number of carbonyl (C=O) groups excluding carboxylic acids is 2. The van der Waals surface area contributed by atoms with Crippen molar-refractivity contribution in [2.24, 2.45) is 0 Å². The molecule has 0 saturated heterocycles. The van der Waals surface area contributed by atoms with Gasteiger partial charge in [-0.2, -0.15) is 0 Å². The van der Waals surface area contributed by atoms with Crippen LogP contribution in [0, 0.1) is 0 Å². The summed E-state index contributed by atoms with van der Waals surface area (Å²) in [5, 5.41) is 0. The molecule has 1 heterocycles. The quantitative estimate of drug-likeness (QED) is 0.483. The molecule has 0 radical (unpaired) electrons. The third kappa shape index (κ3) is 4.20. The summed E-state index contributed by atoms with van der Waals surface area (Å²) in [4.78, 5) is 29.4. The number of carbonyl (C=O) groups is 2. The first-order valence-corrected chi connectivity index (χ1v) is 10.7. The molecule has 3 aromatic carbocycles. The first kappa shape index (κ1) is 20.8. The molecule has 0 aromatic heterocycles. The van der Waals surface area contributed by atoms with Gasteiger partial charge in [-0.3, -0.25) is 9.59 Å². The van der Waals surface area contributed by atoms with Crippen LogP contribution >= 0.6 is 11.8 Å². The van der Waals surface area contributed by atoms with Gasteiger partial charge in [0.15, 0.2) is 0 Å². The van der Waals surface area contributed by atoms with Crippen LogP contribution in [0.15, 0.2) is 88.7 Å². The minimum absolute atomic E-state index is 0.351. The van der Waals surface area contributed by atoms with E-state index in [1.165, 1.54) is 16.7 Å². The zero-order valence-electron chi connectivity index (χ0n) is 17.2. The van der Waals surface area contributed by atoms with Gasteiger partial charge in [0.1, 0.15) is 11.5 Å². The van der Waals surface area contributed by atoms with Gasteiger partial charge in [-0.05, 0) is 48.9 Å². The summed E-state index contributed by atoms with van der Waals surface area (Å²) in [7, 11) is 1.55. The molecule has 0 atom stereocenters. The van der Waals surface area contributed by atoms with Crippen molar-refractivity contribution in [1.29, 1.82) is 0 Å². The molecule has 6 heteroatoms. The number of hydrogen-bond donors (Lipinski definition) is 0. The molecule has 0 aliphatic carbocycles. The number of benzene rings is 3. The standard InChI is InChI=1S/C25H21NO4S/c1-3-30-19-14-12-17(13-15-19)22-23(31-21-10-5-4-6-11-21)25(28)26(24(22)27)18-8-7-9-20(16-18)29-2/h4-16H,3H2,1-2H3. The molecular weight excluding hydrogens is 410 g/mol. The maximum absolute atomic E-state index is 13.5. The van der Waals surface area contributed by atoms with E-state index in [0.29, 0.717) is 39.8 Å². The van der Waals surface area contributed by atoms with Gasteiger partial charge in [0.25, 0.3) is 11.8 Å². The van der Waals surface area contributed by atoms with Crippen LogP contribution in [0.5, 0.6) is 11.5 Å². The Bertz CT molecular complexity index is 1140. The molecule has 0 N–H and O–H groups in total. The summed E-state index contributed by atoms with van der Waals surface area (Å²) in [6, 6.07) is 23.7. The molecule has 0 unspecified atom stereocenters. The Balaban J connectivity index is 1.78. The Morgan fingerprint density at radius 3 is 2.26 bits per heavy atom. The maximum Gasteiger partial charge on any atom is 0.272 e. The zero-order chi connectivity index (χ0) is 21.8. The van der Waals surface area contributed by atoms with Crippen molar-refractivity contribution in [3.05, 3.63) is 89.3 Å². The van der Waals surface area contributed by atoms with E-state index in [4.69, 9.17) is 9.47 Å². The number of anilines is 1. The Morgan fingerprint density at radius 2 is 1.58 bits per heavy atom. The van der Waals surface area contributed by atoms with E-state index in [1.807, 2.05) is 61.5 Å². The molecule has 156 valence electrons. The van der Waals surface area contributed by atoms with E-state index in [2.05, 4.69) is 0 Å². The summed E-state index contributed by atoms with van der Waals surface area (Å²) in [5.41, 5.74) is 1.52. The van der Waals surface area contributed by atoms with Crippen LogP contribution in [0.3, 0.4) is 0 Å². The van der Waals surface area contributed by atoms with Crippen molar-refractivity contribution in [3.8, 4) is 11.5 Å². The number of thioether (sulfide) groups is 1. The largest absolute Gasteiger partial charge is 0.497 e. The average molecular weight is 432 g/mol. The van der Waals surface area contributed by atoms with Crippen LogP contribution in [0.25, 0.3) is 5.57 Å². The number of methoxy groups -OCH3 is 1. The lowest BCUT2D eigenvalue weighted by Crippen LogP contribution is -2.31. The smallest absolute Gasteiger partial charge is 0.272 e. The molecule has 0 fully saturated rings. The molecular formula is C25H21NO4S. The predicted octanol–water partition coefficient (Wildman–Crippen LogP) is 5.17. The lowest BCUT2D eigenvalue weighted by atomic mass is 10.1. The zero-order valence-corrected chi connectivity index (χ0v) is 18.0. The van der Waals surface area contributed by atoms with Crippen LogP contribution in [0.4, 0.5) is 5.69 Å². The van der Waals surface area contributed by atoms with Gasteiger partial charge < -0.3 is 9.47 Å². The predicted molar refractivity (Wildman–Crippen MR) is 122 cm³/mol. The summed E-state index contributed by atoms with van der Waals surface area (Å²) in [6.45, 7) is 2.47. The van der Waals surface area contributed by atoms with Crippen molar-refractivity contribution in [2.45, 2.75) is 11.8 Å². The number of amides is 2. The maximum atomic E-state index is 13.5. The van der Waals surface area contributed by atoms with E-state index < -0.39 is 0 Å². The lowest BCUT2D eigenvalue weighted by molar-refractivity contribution is -0.119. The lowest BCUT2D eigenvalue weighted by Gasteiger charge is -2.16. The summed E-state index contributed by atoms with van der Waals surface area (Å²) < 4.78 is 10.8. The van der Waals surface area contributed by atoms with Crippen LogP contribution in [-0.4, -0.2) is 25.5 Å². The Kier molecular flexibility index (Phi) is 6.09. The molecule has 31 heavy (non-hydrogen) atoms. The van der Waals surface area contributed by atoms with Crippen molar-refractivity contribution in [3.63, 3.8) is 0 Å². The SMILES string of the molecule is CCOc1ccc(C2=C(Sc3ccccc3)C(=O)N(c3cccc(OC)c3)C2=O)cc1. The van der Waals surface area contributed by atoms with Gasteiger partial charge in [0.05, 0.1) is 29.9 Å². The molecule has 0 spiro atoms. The van der Waals surface area contributed by atoms with E-state index in [1.54, 1.807) is 31.4 Å². The highest BCUT2D eigenvalue weighted by Gasteiger charge is 2.40. The highest BCUT2D eigenvalue weighted by molar-refractivity contribution is 8.04. The minimum Gasteiger partial charge on any atom is -0.497 e. The monoisotopic (exact) mass is 431 g/mol. The van der Waals surface area contributed by atoms with Crippen molar-refractivity contribution in [2.75, 3.05) is 18.6 Å². The van der Waals surface area contributed by atoms with E-state index in [-0.39, 0.29) is 11.8 Å². The molecule has 0 saturated carbocycles. The van der Waals surface area contributed by atoms with Crippen LogP contribution < -0.4 is 14.4 Å². The van der Waals surface area contributed by atoms with Gasteiger partial charge in [0, 0.05) is 11.0 Å². The highest BCUT2D eigenvalue weighted by Crippen LogP contribution is 2.42. The van der Waals surface area contributed by atoms with E-state index >= 15 is 0 Å². The molecule has 1 aliphatic heterocycles. The first-order valence-electron chi connectivity index (χ1n) is 9.85. The first-order chi connectivity index (χ1) is 15.1. The van der Waals surface area contributed by atoms with Crippen LogP contribution in [0.2, 0.25) is 0 Å². The second kappa shape index (κ2) is 9.10. The highest BCUT2D eigenvalue weighted by atomic mass is 32.2.